The predicted octanol–water partition coefficient (Wildman–Crippen LogP) is 3.03. The minimum atomic E-state index is -0.248. The van der Waals surface area contributed by atoms with E-state index in [1.165, 1.54) is 12.0 Å². The number of aromatic nitrogens is 2. The largest absolute Gasteiger partial charge is 0.391 e. The molecule has 0 spiro atoms. The van der Waals surface area contributed by atoms with Crippen LogP contribution in [0.4, 0.5) is 0 Å². The van der Waals surface area contributed by atoms with Crippen LogP contribution in [0.2, 0.25) is 0 Å². The lowest BCUT2D eigenvalue weighted by molar-refractivity contribution is 0.0695. The van der Waals surface area contributed by atoms with Crippen LogP contribution in [0.5, 0.6) is 0 Å². The van der Waals surface area contributed by atoms with Crippen LogP contribution in [0.1, 0.15) is 31.7 Å². The molecule has 0 amide bonds. The number of benzene rings is 1. The lowest BCUT2D eigenvalue weighted by Gasteiger charge is -2.27. The van der Waals surface area contributed by atoms with Crippen molar-refractivity contribution in [2.75, 3.05) is 0 Å². The molecule has 1 aliphatic rings. The van der Waals surface area contributed by atoms with Crippen LogP contribution >= 0.6 is 0 Å². The maximum Gasteiger partial charge on any atom is 0.0778 e. The molecular weight excluding hydrogens is 224 g/mol. The standard InChI is InChI=1S/C15H18N2O/c18-15-9-5-4-8-14(15)17-11-13(10-16-17)12-6-2-1-3-7-12/h1-3,6-7,10-11,14-15,18H,4-5,8-9H2/t14-,15-/m0/s1. The predicted molar refractivity (Wildman–Crippen MR) is 71.2 cm³/mol. The van der Waals surface area contributed by atoms with Gasteiger partial charge in [-0.15, -0.1) is 0 Å². The zero-order chi connectivity index (χ0) is 12.4. The fourth-order valence-electron chi connectivity index (χ4n) is 2.70. The Morgan fingerprint density at radius 2 is 1.83 bits per heavy atom. The van der Waals surface area contributed by atoms with E-state index in [2.05, 4.69) is 23.4 Å². The van der Waals surface area contributed by atoms with Crippen molar-refractivity contribution in [1.29, 1.82) is 0 Å². The Kier molecular flexibility index (Phi) is 3.15. The number of hydrogen-bond acceptors (Lipinski definition) is 2. The maximum absolute atomic E-state index is 10.0. The molecule has 1 saturated carbocycles. The Morgan fingerprint density at radius 1 is 1.06 bits per heavy atom. The van der Waals surface area contributed by atoms with Crippen molar-refractivity contribution in [3.8, 4) is 11.1 Å². The molecule has 0 bridgehead atoms. The van der Waals surface area contributed by atoms with Gasteiger partial charge in [0.2, 0.25) is 0 Å². The first kappa shape index (κ1) is 11.5. The quantitative estimate of drug-likeness (QED) is 0.879. The van der Waals surface area contributed by atoms with Gasteiger partial charge in [-0.2, -0.15) is 5.10 Å². The second-order valence-corrected chi connectivity index (χ2v) is 4.99. The summed E-state index contributed by atoms with van der Waals surface area (Å²) in [5.41, 5.74) is 2.29. The van der Waals surface area contributed by atoms with Crippen molar-refractivity contribution in [2.24, 2.45) is 0 Å². The highest BCUT2D eigenvalue weighted by Crippen LogP contribution is 2.29. The van der Waals surface area contributed by atoms with E-state index in [1.54, 1.807) is 0 Å². The summed E-state index contributed by atoms with van der Waals surface area (Å²) in [7, 11) is 0. The van der Waals surface area contributed by atoms with E-state index in [0.717, 1.165) is 24.8 Å². The minimum Gasteiger partial charge on any atom is -0.391 e. The van der Waals surface area contributed by atoms with Gasteiger partial charge in [-0.1, -0.05) is 43.2 Å². The Hall–Kier alpha value is -1.61. The van der Waals surface area contributed by atoms with E-state index in [0.29, 0.717) is 0 Å². The van der Waals surface area contributed by atoms with Gasteiger partial charge in [-0.3, -0.25) is 4.68 Å². The summed E-state index contributed by atoms with van der Waals surface area (Å²) >= 11 is 0. The molecule has 1 aromatic heterocycles. The fourth-order valence-corrected chi connectivity index (χ4v) is 2.70. The Bertz CT molecular complexity index is 506. The zero-order valence-corrected chi connectivity index (χ0v) is 10.4. The molecule has 0 saturated heterocycles. The van der Waals surface area contributed by atoms with Crippen molar-refractivity contribution >= 4 is 0 Å². The van der Waals surface area contributed by atoms with Gasteiger partial charge in [-0.05, 0) is 18.4 Å². The molecule has 2 aromatic rings. The third-order valence-corrected chi connectivity index (χ3v) is 3.74. The SMILES string of the molecule is O[C@H]1CCCC[C@@H]1n1cc(-c2ccccc2)cn1. The van der Waals surface area contributed by atoms with Crippen molar-refractivity contribution in [3.05, 3.63) is 42.7 Å². The molecule has 0 unspecified atom stereocenters. The Labute approximate surface area is 107 Å². The molecule has 3 heteroatoms. The van der Waals surface area contributed by atoms with Gasteiger partial charge < -0.3 is 5.11 Å². The van der Waals surface area contributed by atoms with E-state index in [9.17, 15) is 5.11 Å². The van der Waals surface area contributed by atoms with E-state index in [1.807, 2.05) is 29.1 Å². The van der Waals surface area contributed by atoms with Crippen molar-refractivity contribution in [3.63, 3.8) is 0 Å². The van der Waals surface area contributed by atoms with Crippen molar-refractivity contribution in [2.45, 2.75) is 37.8 Å². The molecular formula is C15H18N2O. The van der Waals surface area contributed by atoms with Crippen LogP contribution in [0.3, 0.4) is 0 Å². The summed E-state index contributed by atoms with van der Waals surface area (Å²) in [5, 5.41) is 14.5. The van der Waals surface area contributed by atoms with Gasteiger partial charge in [0, 0.05) is 11.8 Å². The van der Waals surface area contributed by atoms with E-state index < -0.39 is 0 Å². The summed E-state index contributed by atoms with van der Waals surface area (Å²) in [6.45, 7) is 0. The molecule has 94 valence electrons. The van der Waals surface area contributed by atoms with Crippen LogP contribution in [0.25, 0.3) is 11.1 Å². The summed E-state index contributed by atoms with van der Waals surface area (Å²) < 4.78 is 1.94. The van der Waals surface area contributed by atoms with E-state index in [4.69, 9.17) is 0 Å². The molecule has 3 nitrogen and oxygen atoms in total. The molecule has 0 aliphatic heterocycles. The third kappa shape index (κ3) is 2.18. The number of rotatable bonds is 2. The second kappa shape index (κ2) is 4.94. The van der Waals surface area contributed by atoms with Crippen LogP contribution in [-0.2, 0) is 0 Å². The third-order valence-electron chi connectivity index (χ3n) is 3.74. The van der Waals surface area contributed by atoms with Crippen LogP contribution in [0, 0.1) is 0 Å². The van der Waals surface area contributed by atoms with Crippen molar-refractivity contribution in [1.82, 2.24) is 9.78 Å². The van der Waals surface area contributed by atoms with E-state index in [-0.39, 0.29) is 12.1 Å². The van der Waals surface area contributed by atoms with Gasteiger partial charge >= 0.3 is 0 Å². The van der Waals surface area contributed by atoms with E-state index >= 15 is 0 Å². The second-order valence-electron chi connectivity index (χ2n) is 4.99. The number of aliphatic hydroxyl groups excluding tert-OH is 1. The maximum atomic E-state index is 10.0. The first-order valence-electron chi connectivity index (χ1n) is 6.62. The normalized spacial score (nSPS) is 24.1. The molecule has 18 heavy (non-hydrogen) atoms. The summed E-state index contributed by atoms with van der Waals surface area (Å²) in [6, 6.07) is 10.4. The summed E-state index contributed by atoms with van der Waals surface area (Å²) in [4.78, 5) is 0. The molecule has 2 atom stereocenters. The van der Waals surface area contributed by atoms with Gasteiger partial charge in [0.15, 0.2) is 0 Å². The number of nitrogens with zero attached hydrogens (tertiary/aromatic N) is 2. The summed E-state index contributed by atoms with van der Waals surface area (Å²) in [6.07, 6.45) is 7.92. The van der Waals surface area contributed by atoms with Crippen LogP contribution in [-0.4, -0.2) is 21.0 Å². The highest BCUT2D eigenvalue weighted by atomic mass is 16.3. The molecule has 3 rings (SSSR count). The van der Waals surface area contributed by atoms with Gasteiger partial charge in [0.1, 0.15) is 0 Å². The molecule has 1 aliphatic carbocycles. The monoisotopic (exact) mass is 242 g/mol. The first-order valence-corrected chi connectivity index (χ1v) is 6.62. The molecule has 1 fully saturated rings. The Morgan fingerprint density at radius 3 is 2.61 bits per heavy atom. The lowest BCUT2D eigenvalue weighted by atomic mass is 9.93. The fraction of sp³-hybridized carbons (Fsp3) is 0.400. The average molecular weight is 242 g/mol. The molecule has 1 aromatic carbocycles. The van der Waals surface area contributed by atoms with Gasteiger partial charge in [0.25, 0.3) is 0 Å². The topological polar surface area (TPSA) is 38.0 Å². The lowest BCUT2D eigenvalue weighted by Crippen LogP contribution is -2.27. The molecule has 0 radical (unpaired) electrons. The van der Waals surface area contributed by atoms with Gasteiger partial charge in [0.05, 0.1) is 18.3 Å². The molecule has 1 heterocycles. The number of aliphatic hydroxyl groups is 1. The van der Waals surface area contributed by atoms with Crippen LogP contribution in [0.15, 0.2) is 42.7 Å². The van der Waals surface area contributed by atoms with Crippen LogP contribution < -0.4 is 0 Å². The summed E-state index contributed by atoms with van der Waals surface area (Å²) in [5.74, 6) is 0. The smallest absolute Gasteiger partial charge is 0.0778 e. The first-order chi connectivity index (χ1) is 8.84. The highest BCUT2D eigenvalue weighted by molar-refractivity contribution is 5.61. The highest BCUT2D eigenvalue weighted by Gasteiger charge is 2.25. The Balaban J connectivity index is 1.85. The minimum absolute atomic E-state index is 0.149. The number of hydrogen-bond donors (Lipinski definition) is 1. The average Bonchev–Trinajstić information content (AvgIpc) is 2.90. The zero-order valence-electron chi connectivity index (χ0n) is 10.4. The molecule has 1 N–H and O–H groups in total. The van der Waals surface area contributed by atoms with Gasteiger partial charge in [-0.25, -0.2) is 0 Å². The van der Waals surface area contributed by atoms with Crippen molar-refractivity contribution < 1.29 is 5.11 Å².